The summed E-state index contributed by atoms with van der Waals surface area (Å²) in [5.41, 5.74) is 0. The predicted octanol–water partition coefficient (Wildman–Crippen LogP) is 1.48. The average Bonchev–Trinajstić information content (AvgIpc) is 2.11. The van der Waals surface area contributed by atoms with Gasteiger partial charge in [0.25, 0.3) is 0 Å². The lowest BCUT2D eigenvalue weighted by Crippen LogP contribution is -2.56. The van der Waals surface area contributed by atoms with Gasteiger partial charge in [0.05, 0.1) is 6.61 Å². The highest BCUT2D eigenvalue weighted by molar-refractivity contribution is 7.86. The zero-order valence-electron chi connectivity index (χ0n) is 7.92. The van der Waals surface area contributed by atoms with Crippen LogP contribution in [-0.2, 0) is 14.9 Å². The highest BCUT2D eigenvalue weighted by atomic mass is 32.2. The van der Waals surface area contributed by atoms with Gasteiger partial charge in [-0.05, 0) is 6.42 Å². The maximum Gasteiger partial charge on any atom is 0.397 e. The molecule has 0 spiro atoms. The van der Waals surface area contributed by atoms with E-state index in [1.54, 1.807) is 0 Å². The Morgan fingerprint density at radius 3 is 2.00 bits per heavy atom. The fourth-order valence-electron chi connectivity index (χ4n) is 0.695. The van der Waals surface area contributed by atoms with Gasteiger partial charge in [-0.25, -0.2) is 17.2 Å². The summed E-state index contributed by atoms with van der Waals surface area (Å²) < 4.78 is 96.0. The molecule has 0 aromatic carbocycles. The Balaban J connectivity index is 5.36. The molecule has 10 heteroatoms. The van der Waals surface area contributed by atoms with Crippen molar-refractivity contribution in [3.05, 3.63) is 0 Å². The normalized spacial score (nSPS) is 17.5. The summed E-state index contributed by atoms with van der Waals surface area (Å²) in [7, 11) is -6.60. The van der Waals surface area contributed by atoms with Crippen molar-refractivity contribution in [1.82, 2.24) is 0 Å². The van der Waals surface area contributed by atoms with Crippen LogP contribution in [-0.4, -0.2) is 37.1 Å². The van der Waals surface area contributed by atoms with Crippen molar-refractivity contribution in [3.8, 4) is 0 Å². The Morgan fingerprint density at radius 2 is 1.75 bits per heavy atom. The van der Waals surface area contributed by atoms with E-state index in [2.05, 4.69) is 4.74 Å². The van der Waals surface area contributed by atoms with Crippen molar-refractivity contribution < 1.29 is 39.7 Å². The van der Waals surface area contributed by atoms with E-state index in [1.165, 1.54) is 6.92 Å². The first-order valence-corrected chi connectivity index (χ1v) is 5.35. The number of alkyl halides is 5. The lowest BCUT2D eigenvalue weighted by molar-refractivity contribution is -0.296. The summed E-state index contributed by atoms with van der Waals surface area (Å²) in [4.78, 5) is 0. The highest BCUT2D eigenvalue weighted by Gasteiger charge is 2.67. The summed E-state index contributed by atoms with van der Waals surface area (Å²) in [6.45, 7) is 0.404. The number of halogens is 5. The van der Waals surface area contributed by atoms with Crippen molar-refractivity contribution in [2.45, 2.75) is 30.9 Å². The monoisotopic (exact) mass is 271 g/mol. The third-order valence-electron chi connectivity index (χ3n) is 1.51. The van der Waals surface area contributed by atoms with Gasteiger partial charge in [0.15, 0.2) is 10.1 Å². The van der Waals surface area contributed by atoms with Gasteiger partial charge in [0.1, 0.15) is 0 Å². The maximum absolute atomic E-state index is 13.1. The molecule has 0 amide bonds. The molecule has 0 bridgehead atoms. The molecule has 0 aliphatic heterocycles. The molecular weight excluding hydrogens is 263 g/mol. The molecule has 0 N–H and O–H groups in total. The van der Waals surface area contributed by atoms with Crippen molar-refractivity contribution in [1.29, 1.82) is 0 Å². The van der Waals surface area contributed by atoms with Crippen LogP contribution in [0.2, 0.25) is 0 Å². The third kappa shape index (κ3) is 2.61. The minimum Gasteiger partial charge on any atom is -0.743 e. The first kappa shape index (κ1) is 15.5. The lowest BCUT2D eigenvalue weighted by atomic mass is 10.3. The van der Waals surface area contributed by atoms with Gasteiger partial charge in [-0.1, -0.05) is 6.92 Å². The molecule has 1 unspecified atom stereocenters. The average molecular weight is 271 g/mol. The molecule has 98 valence electrons. The maximum atomic E-state index is 13.1. The van der Waals surface area contributed by atoms with Crippen molar-refractivity contribution in [3.63, 3.8) is 0 Å². The molecule has 4 nitrogen and oxygen atoms in total. The second-order valence-electron chi connectivity index (χ2n) is 2.77. The lowest BCUT2D eigenvalue weighted by Gasteiger charge is -2.33. The number of hydrogen-bond acceptors (Lipinski definition) is 4. The standard InChI is InChI=1S/C6H9F5O4S/c1-2-3-15-5(9,4(7)8)6(10,11)16(12,13)14/h4H,2-3H2,1H3,(H,12,13,14)/p-1. The molecule has 0 saturated heterocycles. The highest BCUT2D eigenvalue weighted by Crippen LogP contribution is 2.42. The SMILES string of the molecule is CCCOC(F)(C(F)F)C(F)(F)S(=O)(=O)[O-]. The van der Waals surface area contributed by atoms with Gasteiger partial charge in [-0.15, -0.1) is 0 Å². The Labute approximate surface area is 88.1 Å². The van der Waals surface area contributed by atoms with Gasteiger partial charge in [-0.2, -0.15) is 13.2 Å². The van der Waals surface area contributed by atoms with E-state index in [1.807, 2.05) is 0 Å². The van der Waals surface area contributed by atoms with E-state index in [-0.39, 0.29) is 6.42 Å². The summed E-state index contributed by atoms with van der Waals surface area (Å²) in [6.07, 6.45) is -4.59. The van der Waals surface area contributed by atoms with Crippen LogP contribution in [0.4, 0.5) is 22.0 Å². The number of hydrogen-bond donors (Lipinski definition) is 0. The molecule has 0 rings (SSSR count). The minimum atomic E-state index is -6.60. The fourth-order valence-corrected chi connectivity index (χ4v) is 1.18. The van der Waals surface area contributed by atoms with Crippen LogP contribution >= 0.6 is 0 Å². The largest absolute Gasteiger partial charge is 0.743 e. The smallest absolute Gasteiger partial charge is 0.397 e. The molecule has 0 aliphatic rings. The van der Waals surface area contributed by atoms with Crippen LogP contribution in [0.15, 0.2) is 0 Å². The summed E-state index contributed by atoms with van der Waals surface area (Å²) >= 11 is 0. The first-order valence-electron chi connectivity index (χ1n) is 3.95. The van der Waals surface area contributed by atoms with Crippen LogP contribution in [0.5, 0.6) is 0 Å². The van der Waals surface area contributed by atoms with Gasteiger partial charge < -0.3 is 9.29 Å². The topological polar surface area (TPSA) is 66.4 Å². The Morgan fingerprint density at radius 1 is 1.31 bits per heavy atom. The Kier molecular flexibility index (Phi) is 4.65. The van der Waals surface area contributed by atoms with E-state index < -0.39 is 34.3 Å². The molecular formula is C6H8F5O4S-. The second-order valence-corrected chi connectivity index (χ2v) is 4.19. The van der Waals surface area contributed by atoms with E-state index in [9.17, 15) is 34.9 Å². The fraction of sp³-hybridized carbons (Fsp3) is 1.00. The van der Waals surface area contributed by atoms with Crippen molar-refractivity contribution in [2.75, 3.05) is 6.61 Å². The molecule has 1 atom stereocenters. The number of rotatable bonds is 6. The Hall–Kier alpha value is -0.480. The van der Waals surface area contributed by atoms with E-state index in [4.69, 9.17) is 0 Å². The third-order valence-corrected chi connectivity index (χ3v) is 2.41. The molecule has 16 heavy (non-hydrogen) atoms. The van der Waals surface area contributed by atoms with Crippen LogP contribution in [0.3, 0.4) is 0 Å². The molecule has 0 fully saturated rings. The van der Waals surface area contributed by atoms with Gasteiger partial charge in [-0.3, -0.25) is 0 Å². The van der Waals surface area contributed by atoms with Crippen molar-refractivity contribution >= 4 is 10.1 Å². The molecule has 0 aliphatic carbocycles. The van der Waals surface area contributed by atoms with Crippen molar-refractivity contribution in [2.24, 2.45) is 0 Å². The van der Waals surface area contributed by atoms with Gasteiger partial charge in [0.2, 0.25) is 0 Å². The van der Waals surface area contributed by atoms with Gasteiger partial charge in [0, 0.05) is 0 Å². The molecule has 0 heterocycles. The van der Waals surface area contributed by atoms with E-state index in [0.717, 1.165) is 0 Å². The molecule has 0 saturated carbocycles. The molecule has 0 aromatic heterocycles. The van der Waals surface area contributed by atoms with E-state index >= 15 is 0 Å². The second kappa shape index (κ2) is 4.80. The van der Waals surface area contributed by atoms with Crippen LogP contribution in [0.25, 0.3) is 0 Å². The number of ether oxygens (including phenoxy) is 1. The van der Waals surface area contributed by atoms with E-state index in [0.29, 0.717) is 0 Å². The van der Waals surface area contributed by atoms with Crippen LogP contribution < -0.4 is 0 Å². The first-order chi connectivity index (χ1) is 7.00. The molecule has 0 radical (unpaired) electrons. The van der Waals surface area contributed by atoms with Crippen LogP contribution in [0.1, 0.15) is 13.3 Å². The van der Waals surface area contributed by atoms with Crippen LogP contribution in [0, 0.1) is 0 Å². The Bertz CT molecular complexity index is 330. The predicted molar refractivity (Wildman–Crippen MR) is 40.7 cm³/mol. The summed E-state index contributed by atoms with van der Waals surface area (Å²) in [5.74, 6) is -5.14. The molecule has 0 aromatic rings. The van der Waals surface area contributed by atoms with Gasteiger partial charge >= 0.3 is 17.5 Å². The minimum absolute atomic E-state index is 0.118. The zero-order chi connectivity index (χ0) is 13.2. The zero-order valence-corrected chi connectivity index (χ0v) is 8.74. The summed E-state index contributed by atoms with van der Waals surface area (Å²) in [6, 6.07) is 0. The summed E-state index contributed by atoms with van der Waals surface area (Å²) in [5, 5.41) is -5.86. The quantitative estimate of drug-likeness (QED) is 0.542.